The van der Waals surface area contributed by atoms with Gasteiger partial charge in [-0.05, 0) is 39.5 Å². The Bertz CT molecular complexity index is 385. The van der Waals surface area contributed by atoms with Crippen LogP contribution in [0.15, 0.2) is 0 Å². The van der Waals surface area contributed by atoms with Crippen LogP contribution in [-0.2, 0) is 0 Å². The van der Waals surface area contributed by atoms with Gasteiger partial charge in [0.25, 0.3) is 0 Å². The van der Waals surface area contributed by atoms with Crippen LogP contribution in [0.25, 0.3) is 0 Å². The Kier molecular flexibility index (Phi) is 3.82. The normalized spacial score (nSPS) is 15.5. The van der Waals surface area contributed by atoms with Crippen molar-refractivity contribution in [2.75, 3.05) is 17.2 Å². The predicted molar refractivity (Wildman–Crippen MR) is 71.5 cm³/mol. The van der Waals surface area contributed by atoms with E-state index >= 15 is 0 Å². The summed E-state index contributed by atoms with van der Waals surface area (Å²) in [4.78, 5) is 8.96. The van der Waals surface area contributed by atoms with E-state index < -0.39 is 0 Å². The highest BCUT2D eigenvalue weighted by Crippen LogP contribution is 2.26. The number of nitrogens with one attached hydrogen (secondary N) is 2. The zero-order valence-electron chi connectivity index (χ0n) is 11.0. The average molecular weight is 234 g/mol. The molecule has 4 heteroatoms. The average Bonchev–Trinajstić information content (AvgIpc) is 2.25. The Hall–Kier alpha value is -1.32. The van der Waals surface area contributed by atoms with Gasteiger partial charge in [-0.15, -0.1) is 0 Å². The minimum atomic E-state index is 0.613. The molecule has 1 aromatic heterocycles. The molecule has 1 aromatic rings. The number of rotatable bonds is 5. The topological polar surface area (TPSA) is 49.8 Å². The fraction of sp³-hybridized carbons (Fsp3) is 0.692. The maximum Gasteiger partial charge on any atom is 0.134 e. The molecular weight excluding hydrogens is 212 g/mol. The molecular formula is C13H22N4. The highest BCUT2D eigenvalue weighted by atomic mass is 15.1. The molecule has 1 aliphatic carbocycles. The molecule has 1 aliphatic rings. The van der Waals surface area contributed by atoms with Crippen LogP contribution in [0.4, 0.5) is 11.6 Å². The Morgan fingerprint density at radius 1 is 1.18 bits per heavy atom. The van der Waals surface area contributed by atoms with Crippen LogP contribution < -0.4 is 10.6 Å². The number of hydrogen-bond acceptors (Lipinski definition) is 4. The van der Waals surface area contributed by atoms with Crippen molar-refractivity contribution in [1.29, 1.82) is 0 Å². The molecule has 0 radical (unpaired) electrons. The van der Waals surface area contributed by atoms with E-state index in [-0.39, 0.29) is 0 Å². The van der Waals surface area contributed by atoms with Gasteiger partial charge in [-0.1, -0.05) is 6.92 Å². The van der Waals surface area contributed by atoms with Gasteiger partial charge in [-0.3, -0.25) is 0 Å². The molecule has 0 amide bonds. The smallest absolute Gasteiger partial charge is 0.134 e. The van der Waals surface area contributed by atoms with Crippen molar-refractivity contribution in [3.05, 3.63) is 11.4 Å². The fourth-order valence-electron chi connectivity index (χ4n) is 1.93. The first-order chi connectivity index (χ1) is 8.20. The van der Waals surface area contributed by atoms with Gasteiger partial charge in [0.2, 0.25) is 0 Å². The Balaban J connectivity index is 2.15. The molecule has 2 N–H and O–H groups in total. The van der Waals surface area contributed by atoms with E-state index in [0.717, 1.165) is 36.0 Å². The van der Waals surface area contributed by atoms with Gasteiger partial charge in [0.05, 0.1) is 0 Å². The molecule has 17 heavy (non-hydrogen) atoms. The van der Waals surface area contributed by atoms with Crippen molar-refractivity contribution in [2.24, 2.45) is 0 Å². The summed E-state index contributed by atoms with van der Waals surface area (Å²) in [6.45, 7) is 7.14. The molecule has 1 heterocycles. The summed E-state index contributed by atoms with van der Waals surface area (Å²) in [6.07, 6.45) is 4.97. The van der Waals surface area contributed by atoms with Crippen molar-refractivity contribution in [3.8, 4) is 0 Å². The molecule has 1 fully saturated rings. The first-order valence-corrected chi connectivity index (χ1v) is 6.56. The Morgan fingerprint density at radius 2 is 1.88 bits per heavy atom. The number of aryl methyl sites for hydroxylation is 1. The van der Waals surface area contributed by atoms with Crippen LogP contribution in [-0.4, -0.2) is 22.6 Å². The largest absolute Gasteiger partial charge is 0.370 e. The zero-order chi connectivity index (χ0) is 12.3. The van der Waals surface area contributed by atoms with E-state index in [1.54, 1.807) is 0 Å². The molecule has 1 saturated carbocycles. The molecule has 4 nitrogen and oxygen atoms in total. The Morgan fingerprint density at radius 3 is 2.47 bits per heavy atom. The van der Waals surface area contributed by atoms with Gasteiger partial charge in [0, 0.05) is 18.2 Å². The lowest BCUT2D eigenvalue weighted by Crippen LogP contribution is -2.28. The van der Waals surface area contributed by atoms with Crippen molar-refractivity contribution < 1.29 is 0 Å². The lowest BCUT2D eigenvalue weighted by Gasteiger charge is -2.28. The van der Waals surface area contributed by atoms with Crippen LogP contribution in [0, 0.1) is 13.8 Å². The minimum Gasteiger partial charge on any atom is -0.370 e. The second-order valence-corrected chi connectivity index (χ2v) is 4.79. The third-order valence-electron chi connectivity index (χ3n) is 3.25. The Labute approximate surface area is 103 Å². The zero-order valence-corrected chi connectivity index (χ0v) is 11.0. The van der Waals surface area contributed by atoms with Crippen LogP contribution >= 0.6 is 0 Å². The molecule has 2 rings (SSSR count). The van der Waals surface area contributed by atoms with Crippen LogP contribution in [0.2, 0.25) is 0 Å². The standard InChI is InChI=1S/C13H22N4/c1-4-8-14-12-9(2)13(16-10(3)15-12)17-11-6-5-7-11/h11H,4-8H2,1-3H3,(H2,14,15,16,17). The van der Waals surface area contributed by atoms with Gasteiger partial charge < -0.3 is 10.6 Å². The van der Waals surface area contributed by atoms with E-state index in [9.17, 15) is 0 Å². The van der Waals surface area contributed by atoms with Gasteiger partial charge in [0.1, 0.15) is 17.5 Å². The molecule has 94 valence electrons. The first-order valence-electron chi connectivity index (χ1n) is 6.56. The molecule has 0 unspecified atom stereocenters. The monoisotopic (exact) mass is 234 g/mol. The van der Waals surface area contributed by atoms with Gasteiger partial charge in [-0.25, -0.2) is 9.97 Å². The van der Waals surface area contributed by atoms with E-state index in [1.807, 2.05) is 6.92 Å². The molecule has 0 saturated heterocycles. The molecule has 0 bridgehead atoms. The molecule has 0 aromatic carbocycles. The molecule has 0 atom stereocenters. The maximum absolute atomic E-state index is 4.50. The second-order valence-electron chi connectivity index (χ2n) is 4.79. The summed E-state index contributed by atoms with van der Waals surface area (Å²) in [6, 6.07) is 0.613. The summed E-state index contributed by atoms with van der Waals surface area (Å²) >= 11 is 0. The number of hydrogen-bond donors (Lipinski definition) is 2. The lowest BCUT2D eigenvalue weighted by molar-refractivity contribution is 0.444. The van der Waals surface area contributed by atoms with Crippen molar-refractivity contribution in [1.82, 2.24) is 9.97 Å². The van der Waals surface area contributed by atoms with Gasteiger partial charge in [-0.2, -0.15) is 0 Å². The highest BCUT2D eigenvalue weighted by molar-refractivity contribution is 5.57. The summed E-state index contributed by atoms with van der Waals surface area (Å²) in [5.74, 6) is 2.80. The van der Waals surface area contributed by atoms with Crippen LogP contribution in [0.1, 0.15) is 44.0 Å². The fourth-order valence-corrected chi connectivity index (χ4v) is 1.93. The molecule has 0 aliphatic heterocycles. The van der Waals surface area contributed by atoms with E-state index in [0.29, 0.717) is 6.04 Å². The first kappa shape index (κ1) is 12.1. The maximum atomic E-state index is 4.50. The van der Waals surface area contributed by atoms with Crippen LogP contribution in [0.5, 0.6) is 0 Å². The summed E-state index contributed by atoms with van der Waals surface area (Å²) in [7, 11) is 0. The van der Waals surface area contributed by atoms with Gasteiger partial charge >= 0.3 is 0 Å². The lowest BCUT2D eigenvalue weighted by atomic mass is 9.93. The van der Waals surface area contributed by atoms with E-state index in [4.69, 9.17) is 0 Å². The molecule has 0 spiro atoms. The van der Waals surface area contributed by atoms with Gasteiger partial charge in [0.15, 0.2) is 0 Å². The number of anilines is 2. The predicted octanol–water partition coefficient (Wildman–Crippen LogP) is 2.88. The second kappa shape index (κ2) is 5.34. The summed E-state index contributed by atoms with van der Waals surface area (Å²) in [5.41, 5.74) is 1.14. The third kappa shape index (κ3) is 2.87. The summed E-state index contributed by atoms with van der Waals surface area (Å²) < 4.78 is 0. The SMILES string of the molecule is CCCNc1nc(C)nc(NC2CCC2)c1C. The van der Waals surface area contributed by atoms with Crippen molar-refractivity contribution in [3.63, 3.8) is 0 Å². The van der Waals surface area contributed by atoms with Crippen molar-refractivity contribution in [2.45, 2.75) is 52.5 Å². The number of nitrogens with zero attached hydrogens (tertiary/aromatic N) is 2. The number of aromatic nitrogens is 2. The van der Waals surface area contributed by atoms with Crippen LogP contribution in [0.3, 0.4) is 0 Å². The quantitative estimate of drug-likeness (QED) is 0.822. The third-order valence-corrected chi connectivity index (χ3v) is 3.25. The van der Waals surface area contributed by atoms with E-state index in [2.05, 4.69) is 34.4 Å². The highest BCUT2D eigenvalue weighted by Gasteiger charge is 2.19. The minimum absolute atomic E-state index is 0.613. The van der Waals surface area contributed by atoms with Crippen molar-refractivity contribution >= 4 is 11.6 Å². The summed E-state index contributed by atoms with van der Waals surface area (Å²) in [5, 5.41) is 6.88. The van der Waals surface area contributed by atoms with E-state index in [1.165, 1.54) is 19.3 Å².